The summed E-state index contributed by atoms with van der Waals surface area (Å²) in [6, 6.07) is 4.42. The lowest BCUT2D eigenvalue weighted by Crippen LogP contribution is -2.31. The quantitative estimate of drug-likeness (QED) is 0.826. The van der Waals surface area contributed by atoms with Crippen molar-refractivity contribution in [3.05, 3.63) is 17.3 Å². The van der Waals surface area contributed by atoms with Gasteiger partial charge in [-0.15, -0.1) is 10.2 Å². The van der Waals surface area contributed by atoms with E-state index in [0.29, 0.717) is 5.15 Å². The summed E-state index contributed by atoms with van der Waals surface area (Å²) in [5.74, 6) is 0.788. The Labute approximate surface area is 101 Å². The highest BCUT2D eigenvalue weighted by Crippen LogP contribution is 2.25. The van der Waals surface area contributed by atoms with Crippen molar-refractivity contribution in [3.8, 4) is 0 Å². The van der Waals surface area contributed by atoms with E-state index >= 15 is 0 Å². The van der Waals surface area contributed by atoms with Crippen molar-refractivity contribution in [2.24, 2.45) is 0 Å². The number of aromatic nitrogens is 2. The Morgan fingerprint density at radius 1 is 1.44 bits per heavy atom. The first kappa shape index (κ1) is 11.6. The monoisotopic (exact) mass is 240 g/mol. The molecule has 1 saturated carbocycles. The molecule has 0 atom stereocenters. The second-order valence-corrected chi connectivity index (χ2v) is 4.42. The minimum Gasteiger partial charge on any atom is -0.367 e. The van der Waals surface area contributed by atoms with Crippen LogP contribution in [0.15, 0.2) is 12.1 Å². The van der Waals surface area contributed by atoms with E-state index in [1.54, 1.807) is 6.07 Å². The Morgan fingerprint density at radius 3 is 2.81 bits per heavy atom. The molecule has 88 valence electrons. The highest BCUT2D eigenvalue weighted by atomic mass is 35.5. The maximum atomic E-state index is 5.66. The summed E-state index contributed by atoms with van der Waals surface area (Å²) in [6.45, 7) is 5.30. The third-order valence-electron chi connectivity index (χ3n) is 2.81. The van der Waals surface area contributed by atoms with Crippen LogP contribution in [0.5, 0.6) is 0 Å². The molecule has 1 N–H and O–H groups in total. The Hall–Kier alpha value is -0.870. The molecule has 5 heteroatoms. The number of hydrogen-bond acceptors (Lipinski definition) is 4. The molecule has 0 saturated heterocycles. The molecule has 0 radical (unpaired) electrons. The Kier molecular flexibility index (Phi) is 3.96. The molecule has 2 rings (SSSR count). The van der Waals surface area contributed by atoms with Crippen LogP contribution in [-0.2, 0) is 0 Å². The second kappa shape index (κ2) is 5.46. The first-order chi connectivity index (χ1) is 7.79. The van der Waals surface area contributed by atoms with Crippen molar-refractivity contribution < 1.29 is 0 Å². The van der Waals surface area contributed by atoms with Gasteiger partial charge in [0, 0.05) is 19.1 Å². The number of rotatable bonds is 6. The van der Waals surface area contributed by atoms with E-state index in [0.717, 1.165) is 31.5 Å². The van der Waals surface area contributed by atoms with Gasteiger partial charge in [0.2, 0.25) is 0 Å². The number of nitrogens with zero attached hydrogens (tertiary/aromatic N) is 3. The summed E-state index contributed by atoms with van der Waals surface area (Å²) in [4.78, 5) is 2.50. The Morgan fingerprint density at radius 2 is 2.25 bits per heavy atom. The first-order valence-corrected chi connectivity index (χ1v) is 6.14. The first-order valence-electron chi connectivity index (χ1n) is 5.76. The zero-order valence-electron chi connectivity index (χ0n) is 9.49. The van der Waals surface area contributed by atoms with E-state index in [1.165, 1.54) is 12.8 Å². The van der Waals surface area contributed by atoms with Crippen LogP contribution in [0, 0.1) is 0 Å². The van der Waals surface area contributed by atoms with Gasteiger partial charge in [-0.25, -0.2) is 0 Å². The van der Waals surface area contributed by atoms with Gasteiger partial charge in [0.05, 0.1) is 0 Å². The summed E-state index contributed by atoms with van der Waals surface area (Å²) in [6.07, 6.45) is 2.71. The molecule has 16 heavy (non-hydrogen) atoms. The van der Waals surface area contributed by atoms with Crippen LogP contribution < -0.4 is 5.32 Å². The number of halogens is 1. The SMILES string of the molecule is CCN(CCNc1ccc(Cl)nn1)C1CC1. The molecule has 1 aliphatic rings. The minimum atomic E-state index is 0.429. The summed E-state index contributed by atoms with van der Waals surface area (Å²) in [7, 11) is 0. The molecule has 0 aromatic carbocycles. The van der Waals surface area contributed by atoms with Gasteiger partial charge in [0.1, 0.15) is 5.82 Å². The van der Waals surface area contributed by atoms with Crippen LogP contribution in [0.4, 0.5) is 5.82 Å². The molecule has 1 aliphatic carbocycles. The van der Waals surface area contributed by atoms with Gasteiger partial charge in [-0.05, 0) is 31.5 Å². The van der Waals surface area contributed by atoms with Gasteiger partial charge in [-0.1, -0.05) is 18.5 Å². The molecule has 0 amide bonds. The molecular weight excluding hydrogens is 224 g/mol. The van der Waals surface area contributed by atoms with Gasteiger partial charge in [-0.2, -0.15) is 0 Å². The summed E-state index contributed by atoms with van der Waals surface area (Å²) < 4.78 is 0. The number of nitrogens with one attached hydrogen (secondary N) is 1. The van der Waals surface area contributed by atoms with E-state index in [9.17, 15) is 0 Å². The van der Waals surface area contributed by atoms with E-state index in [-0.39, 0.29) is 0 Å². The van der Waals surface area contributed by atoms with E-state index in [2.05, 4.69) is 27.3 Å². The average Bonchev–Trinajstić information content (AvgIpc) is 3.11. The fraction of sp³-hybridized carbons (Fsp3) is 0.636. The molecule has 1 aromatic rings. The van der Waals surface area contributed by atoms with Crippen LogP contribution >= 0.6 is 11.6 Å². The van der Waals surface area contributed by atoms with Crippen LogP contribution in [0.2, 0.25) is 5.15 Å². The highest BCUT2D eigenvalue weighted by Gasteiger charge is 2.26. The molecule has 0 spiro atoms. The summed E-state index contributed by atoms with van der Waals surface area (Å²) in [5, 5.41) is 11.4. The Bertz CT molecular complexity index is 323. The average molecular weight is 241 g/mol. The minimum absolute atomic E-state index is 0.429. The molecule has 1 aromatic heterocycles. The lowest BCUT2D eigenvalue weighted by Gasteiger charge is -2.19. The van der Waals surface area contributed by atoms with E-state index < -0.39 is 0 Å². The predicted octanol–water partition coefficient (Wildman–Crippen LogP) is 2.03. The molecule has 1 fully saturated rings. The number of likely N-dealkylation sites (N-methyl/N-ethyl adjacent to an activating group) is 1. The van der Waals surface area contributed by atoms with E-state index in [4.69, 9.17) is 11.6 Å². The molecular formula is C11H17ClN4. The standard InChI is InChI=1S/C11H17ClN4/c1-2-16(9-3-4-9)8-7-13-11-6-5-10(12)14-15-11/h5-6,9H,2-4,7-8H2,1H3,(H,13,15). The summed E-state index contributed by atoms with van der Waals surface area (Å²) in [5.41, 5.74) is 0. The van der Waals surface area contributed by atoms with Crippen LogP contribution in [0.1, 0.15) is 19.8 Å². The molecule has 4 nitrogen and oxygen atoms in total. The lowest BCUT2D eigenvalue weighted by atomic mass is 10.4. The third kappa shape index (κ3) is 3.32. The smallest absolute Gasteiger partial charge is 0.151 e. The van der Waals surface area contributed by atoms with Crippen molar-refractivity contribution in [2.45, 2.75) is 25.8 Å². The van der Waals surface area contributed by atoms with Crippen LogP contribution in [0.3, 0.4) is 0 Å². The largest absolute Gasteiger partial charge is 0.367 e. The van der Waals surface area contributed by atoms with Crippen molar-refractivity contribution in [2.75, 3.05) is 25.0 Å². The van der Waals surface area contributed by atoms with Crippen molar-refractivity contribution in [3.63, 3.8) is 0 Å². The second-order valence-electron chi connectivity index (χ2n) is 4.03. The molecule has 1 heterocycles. The zero-order chi connectivity index (χ0) is 11.4. The predicted molar refractivity (Wildman–Crippen MR) is 65.8 cm³/mol. The van der Waals surface area contributed by atoms with Crippen molar-refractivity contribution in [1.29, 1.82) is 0 Å². The number of anilines is 1. The maximum Gasteiger partial charge on any atom is 0.151 e. The van der Waals surface area contributed by atoms with Crippen molar-refractivity contribution >= 4 is 17.4 Å². The summed E-state index contributed by atoms with van der Waals surface area (Å²) >= 11 is 5.66. The fourth-order valence-corrected chi connectivity index (χ4v) is 1.88. The van der Waals surface area contributed by atoms with Gasteiger partial charge in [0.15, 0.2) is 5.15 Å². The third-order valence-corrected chi connectivity index (χ3v) is 3.01. The molecule has 0 unspecified atom stereocenters. The van der Waals surface area contributed by atoms with Gasteiger partial charge >= 0.3 is 0 Å². The van der Waals surface area contributed by atoms with Crippen molar-refractivity contribution in [1.82, 2.24) is 15.1 Å². The topological polar surface area (TPSA) is 41.0 Å². The Balaban J connectivity index is 1.72. The van der Waals surface area contributed by atoms with Gasteiger partial charge < -0.3 is 5.32 Å². The fourth-order valence-electron chi connectivity index (χ4n) is 1.78. The molecule has 0 aliphatic heterocycles. The maximum absolute atomic E-state index is 5.66. The van der Waals surface area contributed by atoms with Crippen LogP contribution in [-0.4, -0.2) is 40.8 Å². The number of hydrogen-bond donors (Lipinski definition) is 1. The highest BCUT2D eigenvalue weighted by molar-refractivity contribution is 6.29. The van der Waals surface area contributed by atoms with Crippen LogP contribution in [0.25, 0.3) is 0 Å². The van der Waals surface area contributed by atoms with Gasteiger partial charge in [0.25, 0.3) is 0 Å². The molecule has 0 bridgehead atoms. The normalized spacial score (nSPS) is 15.4. The van der Waals surface area contributed by atoms with E-state index in [1.807, 2.05) is 6.07 Å². The lowest BCUT2D eigenvalue weighted by molar-refractivity contribution is 0.289. The van der Waals surface area contributed by atoms with Gasteiger partial charge in [-0.3, -0.25) is 4.90 Å². The zero-order valence-corrected chi connectivity index (χ0v) is 10.2.